The number of aliphatic hydroxyl groups is 2. The predicted molar refractivity (Wildman–Crippen MR) is 55.4 cm³/mol. The normalized spacial score (nSPS) is 13.2. The molecule has 0 fully saturated rings. The first-order valence-corrected chi connectivity index (χ1v) is 5.79. The largest absolute Gasteiger partial charge is 0.394 e. The zero-order chi connectivity index (χ0) is 9.84. The number of thioether (sulfide) groups is 1. The van der Waals surface area contributed by atoms with Crippen molar-refractivity contribution in [2.45, 2.75) is 24.3 Å². The average molecular weight is 219 g/mol. The molecule has 0 aliphatic heterocycles. The van der Waals surface area contributed by atoms with Gasteiger partial charge in [0.15, 0.2) is 0 Å². The molecule has 0 aliphatic carbocycles. The summed E-state index contributed by atoms with van der Waals surface area (Å²) in [7, 11) is 0. The first kappa shape index (κ1) is 11.0. The van der Waals surface area contributed by atoms with Crippen LogP contribution in [0.1, 0.15) is 10.6 Å². The van der Waals surface area contributed by atoms with Gasteiger partial charge in [0, 0.05) is 10.6 Å². The van der Waals surface area contributed by atoms with Crippen molar-refractivity contribution in [1.29, 1.82) is 0 Å². The molecule has 1 aromatic rings. The Hall–Kier alpha value is -0.100. The van der Waals surface area contributed by atoms with E-state index in [0.29, 0.717) is 5.75 Å². The van der Waals surface area contributed by atoms with Crippen LogP contribution in [0, 0.1) is 13.8 Å². The van der Waals surface area contributed by atoms with Gasteiger partial charge in [0.25, 0.3) is 0 Å². The molecule has 1 atom stereocenters. The summed E-state index contributed by atoms with van der Waals surface area (Å²) >= 11 is 3.11. The molecular weight excluding hydrogens is 206 g/mol. The third-order valence-corrected chi connectivity index (χ3v) is 3.98. The number of hydrogen-bond donors (Lipinski definition) is 2. The number of aliphatic hydroxyl groups excluding tert-OH is 2. The van der Waals surface area contributed by atoms with Gasteiger partial charge in [-0.2, -0.15) is 0 Å². The average Bonchev–Trinajstić information content (AvgIpc) is 2.42. The van der Waals surface area contributed by atoms with E-state index in [9.17, 15) is 0 Å². The summed E-state index contributed by atoms with van der Waals surface area (Å²) in [5.74, 6) is 0.503. The van der Waals surface area contributed by atoms with Gasteiger partial charge in [0.05, 0.1) is 18.4 Å². The number of hydrogen-bond acceptors (Lipinski definition) is 5. The molecule has 13 heavy (non-hydrogen) atoms. The molecule has 0 amide bonds. The van der Waals surface area contributed by atoms with Crippen LogP contribution in [0.15, 0.2) is 4.34 Å². The first-order chi connectivity index (χ1) is 6.13. The van der Waals surface area contributed by atoms with E-state index in [0.717, 1.165) is 10.0 Å². The van der Waals surface area contributed by atoms with Gasteiger partial charge >= 0.3 is 0 Å². The molecule has 0 aromatic carbocycles. The van der Waals surface area contributed by atoms with Crippen molar-refractivity contribution in [1.82, 2.24) is 4.98 Å². The van der Waals surface area contributed by atoms with E-state index in [-0.39, 0.29) is 6.61 Å². The van der Waals surface area contributed by atoms with Crippen molar-refractivity contribution < 1.29 is 10.2 Å². The monoisotopic (exact) mass is 219 g/mol. The molecular formula is C8H13NO2S2. The van der Waals surface area contributed by atoms with Gasteiger partial charge in [0.2, 0.25) is 0 Å². The summed E-state index contributed by atoms with van der Waals surface area (Å²) in [5.41, 5.74) is 1.05. The third-order valence-electron chi connectivity index (χ3n) is 1.62. The molecule has 2 N–H and O–H groups in total. The molecule has 1 aromatic heterocycles. The topological polar surface area (TPSA) is 53.4 Å². The third kappa shape index (κ3) is 3.27. The highest BCUT2D eigenvalue weighted by Gasteiger charge is 2.07. The fourth-order valence-corrected chi connectivity index (χ4v) is 2.82. The van der Waals surface area contributed by atoms with Gasteiger partial charge in [-0.1, -0.05) is 11.8 Å². The van der Waals surface area contributed by atoms with Crippen LogP contribution in [0.2, 0.25) is 0 Å². The van der Waals surface area contributed by atoms with Crippen molar-refractivity contribution >= 4 is 23.1 Å². The highest BCUT2D eigenvalue weighted by atomic mass is 32.2. The minimum atomic E-state index is -0.644. The van der Waals surface area contributed by atoms with Gasteiger partial charge in [0.1, 0.15) is 4.34 Å². The Morgan fingerprint density at radius 3 is 2.69 bits per heavy atom. The molecule has 1 unspecified atom stereocenters. The van der Waals surface area contributed by atoms with Crippen LogP contribution in [0.3, 0.4) is 0 Å². The summed E-state index contributed by atoms with van der Waals surface area (Å²) in [6, 6.07) is 0. The highest BCUT2D eigenvalue weighted by Crippen LogP contribution is 2.26. The lowest BCUT2D eigenvalue weighted by Crippen LogP contribution is -2.14. The summed E-state index contributed by atoms with van der Waals surface area (Å²) in [4.78, 5) is 5.51. The quantitative estimate of drug-likeness (QED) is 0.747. The molecule has 1 rings (SSSR count). The van der Waals surface area contributed by atoms with Gasteiger partial charge in [-0.3, -0.25) is 0 Å². The van der Waals surface area contributed by atoms with Crippen LogP contribution in [0.25, 0.3) is 0 Å². The maximum Gasteiger partial charge on any atom is 0.150 e. The van der Waals surface area contributed by atoms with Crippen molar-refractivity contribution in [3.05, 3.63) is 10.6 Å². The van der Waals surface area contributed by atoms with E-state index in [1.807, 2.05) is 13.8 Å². The van der Waals surface area contributed by atoms with Gasteiger partial charge in [-0.15, -0.1) is 11.3 Å². The molecule has 0 spiro atoms. The summed E-state index contributed by atoms with van der Waals surface area (Å²) in [6.45, 7) is 3.81. The van der Waals surface area contributed by atoms with Crippen LogP contribution >= 0.6 is 23.1 Å². The van der Waals surface area contributed by atoms with E-state index in [4.69, 9.17) is 10.2 Å². The van der Waals surface area contributed by atoms with Crippen LogP contribution in [-0.2, 0) is 0 Å². The van der Waals surface area contributed by atoms with E-state index in [2.05, 4.69) is 4.98 Å². The van der Waals surface area contributed by atoms with Crippen LogP contribution in [0.5, 0.6) is 0 Å². The lowest BCUT2D eigenvalue weighted by Gasteiger charge is -2.03. The Bertz CT molecular complexity index is 256. The molecule has 5 heteroatoms. The zero-order valence-corrected chi connectivity index (χ0v) is 9.28. The van der Waals surface area contributed by atoms with E-state index < -0.39 is 6.10 Å². The number of thiazole rings is 1. The molecule has 0 bridgehead atoms. The second-order valence-corrected chi connectivity index (χ2v) is 5.24. The van der Waals surface area contributed by atoms with Gasteiger partial charge < -0.3 is 10.2 Å². The molecule has 1 heterocycles. The first-order valence-electron chi connectivity index (χ1n) is 3.99. The summed E-state index contributed by atoms with van der Waals surface area (Å²) < 4.78 is 0.961. The van der Waals surface area contributed by atoms with E-state index in [1.165, 1.54) is 16.6 Å². The minimum Gasteiger partial charge on any atom is -0.394 e. The maximum atomic E-state index is 9.10. The van der Waals surface area contributed by atoms with E-state index in [1.54, 1.807) is 11.3 Å². The lowest BCUT2D eigenvalue weighted by atomic mass is 10.4. The summed E-state index contributed by atoms with van der Waals surface area (Å²) in [5, 5.41) is 17.7. The maximum absolute atomic E-state index is 9.10. The molecule has 3 nitrogen and oxygen atoms in total. The molecule has 0 saturated heterocycles. The Morgan fingerprint density at radius 1 is 1.54 bits per heavy atom. The molecule has 0 radical (unpaired) electrons. The van der Waals surface area contributed by atoms with Crippen molar-refractivity contribution in [3.8, 4) is 0 Å². The molecule has 74 valence electrons. The Balaban J connectivity index is 2.45. The van der Waals surface area contributed by atoms with Crippen LogP contribution in [-0.4, -0.2) is 33.7 Å². The van der Waals surface area contributed by atoms with Crippen molar-refractivity contribution in [3.63, 3.8) is 0 Å². The van der Waals surface area contributed by atoms with Crippen LogP contribution < -0.4 is 0 Å². The molecule has 0 aliphatic rings. The number of aryl methyl sites for hydroxylation is 2. The predicted octanol–water partition coefficient (Wildman–Crippen LogP) is 1.21. The lowest BCUT2D eigenvalue weighted by molar-refractivity contribution is 0.113. The van der Waals surface area contributed by atoms with Crippen molar-refractivity contribution in [2.75, 3.05) is 12.4 Å². The molecule has 0 saturated carbocycles. The van der Waals surface area contributed by atoms with E-state index >= 15 is 0 Å². The minimum absolute atomic E-state index is 0.184. The van der Waals surface area contributed by atoms with Crippen LogP contribution in [0.4, 0.5) is 0 Å². The summed E-state index contributed by atoms with van der Waals surface area (Å²) in [6.07, 6.45) is -0.644. The number of aromatic nitrogens is 1. The Morgan fingerprint density at radius 2 is 2.23 bits per heavy atom. The Labute approximate surface area is 85.8 Å². The fourth-order valence-electron chi connectivity index (χ4n) is 0.725. The Kier molecular flexibility index (Phi) is 4.18. The fraction of sp³-hybridized carbons (Fsp3) is 0.625. The second-order valence-electron chi connectivity index (χ2n) is 2.77. The number of rotatable bonds is 4. The number of nitrogens with zero attached hydrogens (tertiary/aromatic N) is 1. The van der Waals surface area contributed by atoms with Gasteiger partial charge in [-0.05, 0) is 13.8 Å². The van der Waals surface area contributed by atoms with Crippen molar-refractivity contribution in [2.24, 2.45) is 0 Å². The van der Waals surface area contributed by atoms with Gasteiger partial charge in [-0.25, -0.2) is 4.98 Å². The SMILES string of the molecule is Cc1nc(SCC(O)CO)sc1C. The smallest absolute Gasteiger partial charge is 0.150 e. The second kappa shape index (κ2) is 4.95. The highest BCUT2D eigenvalue weighted by molar-refractivity contribution is 8.01. The zero-order valence-electron chi connectivity index (χ0n) is 7.65. The standard InChI is InChI=1S/C8H13NO2S2/c1-5-6(2)13-8(9-5)12-4-7(11)3-10/h7,10-11H,3-4H2,1-2H3.